The molecule has 0 unspecified atom stereocenters. The number of benzene rings is 1. The highest BCUT2D eigenvalue weighted by Crippen LogP contribution is 2.25. The maximum atomic E-state index is 8.62. The van der Waals surface area contributed by atoms with Crippen molar-refractivity contribution in [2.75, 3.05) is 13.2 Å². The summed E-state index contributed by atoms with van der Waals surface area (Å²) >= 11 is 0. The zero-order valence-electron chi connectivity index (χ0n) is 17.4. The van der Waals surface area contributed by atoms with Gasteiger partial charge in [-0.3, -0.25) is 0 Å². The lowest BCUT2D eigenvalue weighted by Crippen LogP contribution is -2.07. The van der Waals surface area contributed by atoms with Gasteiger partial charge in [-0.25, -0.2) is 0 Å². The first-order chi connectivity index (χ1) is 12.2. The molecule has 0 saturated heterocycles. The van der Waals surface area contributed by atoms with Crippen molar-refractivity contribution in [1.29, 1.82) is 0 Å². The predicted octanol–water partition coefficient (Wildman–Crippen LogP) is 6.65. The Morgan fingerprint density at radius 3 is 2.12 bits per heavy atom. The molecule has 2 rings (SSSR count). The van der Waals surface area contributed by atoms with Crippen molar-refractivity contribution in [3.05, 3.63) is 29.8 Å². The summed E-state index contributed by atoms with van der Waals surface area (Å²) in [6.07, 6.45) is 10.3. The number of aliphatic hydroxyl groups excluding tert-OH is 1. The van der Waals surface area contributed by atoms with Crippen LogP contribution in [0.4, 0.5) is 0 Å². The molecular formula is C23H42O2. The fourth-order valence-corrected chi connectivity index (χ4v) is 2.96. The molecule has 1 fully saturated rings. The van der Waals surface area contributed by atoms with Gasteiger partial charge >= 0.3 is 0 Å². The highest BCUT2D eigenvalue weighted by Gasteiger charge is 2.11. The van der Waals surface area contributed by atoms with Gasteiger partial charge in [0.25, 0.3) is 0 Å². The van der Waals surface area contributed by atoms with E-state index < -0.39 is 0 Å². The summed E-state index contributed by atoms with van der Waals surface area (Å²) in [4.78, 5) is 0. The SMILES string of the molecule is CC.CCCc1ccc(OCC(C)C)cc1.OCCC1CCCCC1. The van der Waals surface area contributed by atoms with Crippen molar-refractivity contribution in [2.45, 2.75) is 86.0 Å². The van der Waals surface area contributed by atoms with Crippen molar-refractivity contribution in [1.82, 2.24) is 0 Å². The largest absolute Gasteiger partial charge is 0.493 e. The van der Waals surface area contributed by atoms with Crippen molar-refractivity contribution in [2.24, 2.45) is 11.8 Å². The minimum atomic E-state index is 0.394. The second-order valence-electron chi connectivity index (χ2n) is 7.12. The van der Waals surface area contributed by atoms with Crippen molar-refractivity contribution in [3.8, 4) is 5.75 Å². The van der Waals surface area contributed by atoms with E-state index in [0.717, 1.165) is 31.1 Å². The molecule has 0 radical (unpaired) electrons. The first-order valence-corrected chi connectivity index (χ1v) is 10.5. The van der Waals surface area contributed by atoms with Gasteiger partial charge in [0.15, 0.2) is 0 Å². The predicted molar refractivity (Wildman–Crippen MR) is 110 cm³/mol. The van der Waals surface area contributed by atoms with Gasteiger partial charge in [-0.15, -0.1) is 0 Å². The van der Waals surface area contributed by atoms with Crippen molar-refractivity contribution in [3.63, 3.8) is 0 Å². The van der Waals surface area contributed by atoms with E-state index in [1.807, 2.05) is 13.8 Å². The van der Waals surface area contributed by atoms with Crippen LogP contribution in [0.5, 0.6) is 5.75 Å². The summed E-state index contributed by atoms with van der Waals surface area (Å²) in [6.45, 7) is 11.7. The zero-order valence-corrected chi connectivity index (χ0v) is 17.4. The Labute approximate surface area is 157 Å². The topological polar surface area (TPSA) is 29.5 Å². The summed E-state index contributed by atoms with van der Waals surface area (Å²) in [7, 11) is 0. The molecule has 1 aliphatic carbocycles. The molecule has 25 heavy (non-hydrogen) atoms. The average molecular weight is 351 g/mol. The Hall–Kier alpha value is -1.02. The van der Waals surface area contributed by atoms with E-state index >= 15 is 0 Å². The molecular weight excluding hydrogens is 308 g/mol. The lowest BCUT2D eigenvalue weighted by molar-refractivity contribution is 0.230. The Bertz CT molecular complexity index is 375. The van der Waals surface area contributed by atoms with Gasteiger partial charge in [0.2, 0.25) is 0 Å². The third-order valence-corrected chi connectivity index (χ3v) is 4.31. The standard InChI is InChI=1S/C13H20O.C8H16O.C2H6/c1-4-5-12-6-8-13(9-7-12)14-10-11(2)3;9-7-6-8-4-2-1-3-5-8;1-2/h6-9,11H,4-5,10H2,1-3H3;8-9H,1-7H2;1-2H3. The second kappa shape index (κ2) is 16.4. The first-order valence-electron chi connectivity index (χ1n) is 10.5. The lowest BCUT2D eigenvalue weighted by Gasteiger charge is -2.19. The number of hydrogen-bond donors (Lipinski definition) is 1. The van der Waals surface area contributed by atoms with E-state index in [-0.39, 0.29) is 0 Å². The molecule has 1 aliphatic rings. The fraction of sp³-hybridized carbons (Fsp3) is 0.739. The maximum absolute atomic E-state index is 8.62. The quantitative estimate of drug-likeness (QED) is 0.596. The normalized spacial score (nSPS) is 14.2. The molecule has 1 saturated carbocycles. The van der Waals surface area contributed by atoms with E-state index in [4.69, 9.17) is 9.84 Å². The van der Waals surface area contributed by atoms with E-state index in [1.165, 1.54) is 44.1 Å². The van der Waals surface area contributed by atoms with Crippen LogP contribution in [0.15, 0.2) is 24.3 Å². The number of rotatable bonds is 7. The highest BCUT2D eigenvalue weighted by atomic mass is 16.5. The van der Waals surface area contributed by atoms with Gasteiger partial charge < -0.3 is 9.84 Å². The van der Waals surface area contributed by atoms with Crippen molar-refractivity contribution >= 4 is 0 Å². The first kappa shape index (κ1) is 24.0. The van der Waals surface area contributed by atoms with Gasteiger partial charge in [-0.1, -0.05) is 85.3 Å². The molecule has 2 nitrogen and oxygen atoms in total. The zero-order chi connectivity index (χ0) is 18.9. The summed E-state index contributed by atoms with van der Waals surface area (Å²) < 4.78 is 5.60. The Morgan fingerprint density at radius 1 is 1.04 bits per heavy atom. The van der Waals surface area contributed by atoms with Gasteiger partial charge in [-0.05, 0) is 42.4 Å². The van der Waals surface area contributed by atoms with Crippen LogP contribution in [0, 0.1) is 11.8 Å². The van der Waals surface area contributed by atoms with Crippen LogP contribution in [0.2, 0.25) is 0 Å². The maximum Gasteiger partial charge on any atom is 0.119 e. The van der Waals surface area contributed by atoms with Crippen LogP contribution in [0.25, 0.3) is 0 Å². The molecule has 0 aliphatic heterocycles. The van der Waals surface area contributed by atoms with Crippen LogP contribution in [0.1, 0.15) is 85.1 Å². The van der Waals surface area contributed by atoms with E-state index in [2.05, 4.69) is 45.0 Å². The van der Waals surface area contributed by atoms with Crippen LogP contribution in [0.3, 0.4) is 0 Å². The van der Waals surface area contributed by atoms with Gasteiger partial charge in [0.1, 0.15) is 5.75 Å². The summed E-state index contributed by atoms with van der Waals surface area (Å²) in [5, 5.41) is 8.62. The Morgan fingerprint density at radius 2 is 1.64 bits per heavy atom. The molecule has 2 heteroatoms. The number of aryl methyl sites for hydroxylation is 1. The molecule has 0 amide bonds. The van der Waals surface area contributed by atoms with Crippen molar-refractivity contribution < 1.29 is 9.84 Å². The van der Waals surface area contributed by atoms with Gasteiger partial charge in [0.05, 0.1) is 6.61 Å². The molecule has 0 bridgehead atoms. The van der Waals surface area contributed by atoms with E-state index in [9.17, 15) is 0 Å². The Balaban J connectivity index is 0.000000451. The van der Waals surface area contributed by atoms with Gasteiger partial charge in [-0.2, -0.15) is 0 Å². The lowest BCUT2D eigenvalue weighted by atomic mass is 9.87. The van der Waals surface area contributed by atoms with E-state index in [0.29, 0.717) is 12.5 Å². The molecule has 1 aromatic rings. The molecule has 146 valence electrons. The summed E-state index contributed by atoms with van der Waals surface area (Å²) in [5.41, 5.74) is 1.39. The molecule has 0 spiro atoms. The van der Waals surface area contributed by atoms with E-state index in [1.54, 1.807) is 0 Å². The minimum absolute atomic E-state index is 0.394. The van der Waals surface area contributed by atoms with Crippen LogP contribution < -0.4 is 4.74 Å². The summed E-state index contributed by atoms with van der Waals surface area (Å²) in [5.74, 6) is 2.42. The number of ether oxygens (including phenoxy) is 1. The molecule has 1 aromatic carbocycles. The monoisotopic (exact) mass is 350 g/mol. The molecule has 0 heterocycles. The van der Waals surface area contributed by atoms with Crippen LogP contribution in [-0.2, 0) is 6.42 Å². The smallest absolute Gasteiger partial charge is 0.119 e. The molecule has 1 N–H and O–H groups in total. The average Bonchev–Trinajstić information content (AvgIpc) is 2.65. The highest BCUT2D eigenvalue weighted by molar-refractivity contribution is 5.27. The van der Waals surface area contributed by atoms with Crippen LogP contribution in [-0.4, -0.2) is 18.3 Å². The molecule has 0 aromatic heterocycles. The third-order valence-electron chi connectivity index (χ3n) is 4.31. The number of aliphatic hydroxyl groups is 1. The minimum Gasteiger partial charge on any atom is -0.493 e. The summed E-state index contributed by atoms with van der Waals surface area (Å²) in [6, 6.07) is 8.43. The van der Waals surface area contributed by atoms with Gasteiger partial charge in [0, 0.05) is 6.61 Å². The second-order valence-corrected chi connectivity index (χ2v) is 7.12. The number of hydrogen-bond acceptors (Lipinski definition) is 2. The fourth-order valence-electron chi connectivity index (χ4n) is 2.96. The third kappa shape index (κ3) is 12.9. The Kier molecular flexibility index (Phi) is 15.8. The van der Waals surface area contributed by atoms with Crippen LogP contribution >= 0.6 is 0 Å². The molecule has 0 atom stereocenters.